The second-order valence-corrected chi connectivity index (χ2v) is 5.65. The molecule has 0 spiro atoms. The molecule has 2 amide bonds. The number of nitro benzene ring substituents is 1. The molecule has 0 radical (unpaired) electrons. The molecular formula is C18H18FN3O4. The third kappa shape index (κ3) is 5.37. The fraction of sp³-hybridized carbons (Fsp3) is 0.222. The largest absolute Gasteiger partial charge is 0.352 e. The summed E-state index contributed by atoms with van der Waals surface area (Å²) in [4.78, 5) is 33.9. The fourth-order valence-corrected chi connectivity index (χ4v) is 2.27. The molecule has 7 nitrogen and oxygen atoms in total. The average Bonchev–Trinajstić information content (AvgIpc) is 2.62. The summed E-state index contributed by atoms with van der Waals surface area (Å²) in [6, 6.07) is 10.7. The Labute approximate surface area is 149 Å². The van der Waals surface area contributed by atoms with Crippen LogP contribution in [0.5, 0.6) is 0 Å². The van der Waals surface area contributed by atoms with Crippen LogP contribution in [0.15, 0.2) is 48.5 Å². The number of hydrogen-bond acceptors (Lipinski definition) is 4. The van der Waals surface area contributed by atoms with Crippen molar-refractivity contribution in [3.63, 3.8) is 0 Å². The van der Waals surface area contributed by atoms with Crippen molar-refractivity contribution in [1.82, 2.24) is 10.6 Å². The van der Waals surface area contributed by atoms with Crippen LogP contribution in [0.4, 0.5) is 10.1 Å². The van der Waals surface area contributed by atoms with Gasteiger partial charge in [-0.1, -0.05) is 12.1 Å². The van der Waals surface area contributed by atoms with E-state index in [2.05, 4.69) is 10.6 Å². The average molecular weight is 359 g/mol. The minimum absolute atomic E-state index is 0.0737. The number of benzene rings is 2. The number of non-ortho nitro benzene ring substituents is 1. The zero-order valence-corrected chi connectivity index (χ0v) is 14.1. The predicted molar refractivity (Wildman–Crippen MR) is 93.0 cm³/mol. The molecule has 0 aromatic heterocycles. The van der Waals surface area contributed by atoms with Crippen LogP contribution in [-0.4, -0.2) is 23.3 Å². The molecule has 0 aliphatic rings. The lowest BCUT2D eigenvalue weighted by Gasteiger charge is -2.14. The molecule has 0 aliphatic carbocycles. The van der Waals surface area contributed by atoms with Gasteiger partial charge in [0.05, 0.1) is 11.0 Å². The Hall–Kier alpha value is -3.29. The maximum Gasteiger partial charge on any atom is 0.269 e. The third-order valence-corrected chi connectivity index (χ3v) is 3.73. The minimum atomic E-state index is -0.547. The van der Waals surface area contributed by atoms with Crippen molar-refractivity contribution in [3.8, 4) is 0 Å². The van der Waals surface area contributed by atoms with Crippen molar-refractivity contribution in [2.24, 2.45) is 0 Å². The summed E-state index contributed by atoms with van der Waals surface area (Å²) in [5.41, 5.74) is 0.945. The highest BCUT2D eigenvalue weighted by Gasteiger charge is 2.12. The van der Waals surface area contributed by atoms with E-state index in [9.17, 15) is 24.1 Å². The second kappa shape index (κ2) is 8.70. The van der Waals surface area contributed by atoms with Crippen molar-refractivity contribution in [2.45, 2.75) is 19.4 Å². The van der Waals surface area contributed by atoms with Crippen molar-refractivity contribution in [2.75, 3.05) is 6.54 Å². The van der Waals surface area contributed by atoms with Gasteiger partial charge in [0.1, 0.15) is 5.82 Å². The lowest BCUT2D eigenvalue weighted by atomic mass is 10.1. The SMILES string of the molecule is C[C@@H](NC(=O)CCNC(=O)c1ccc([N+](=O)[O-])cc1)c1ccc(F)cc1. The van der Waals surface area contributed by atoms with Crippen LogP contribution in [-0.2, 0) is 4.79 Å². The van der Waals surface area contributed by atoms with Gasteiger partial charge in [0.2, 0.25) is 5.91 Å². The molecule has 0 saturated carbocycles. The molecule has 2 N–H and O–H groups in total. The molecule has 136 valence electrons. The molecule has 0 unspecified atom stereocenters. The number of carbonyl (C=O) groups is 2. The Morgan fingerprint density at radius 3 is 2.31 bits per heavy atom. The van der Waals surface area contributed by atoms with Gasteiger partial charge in [0.25, 0.3) is 11.6 Å². The van der Waals surface area contributed by atoms with Crippen molar-refractivity contribution >= 4 is 17.5 Å². The molecule has 26 heavy (non-hydrogen) atoms. The van der Waals surface area contributed by atoms with E-state index >= 15 is 0 Å². The topological polar surface area (TPSA) is 101 Å². The lowest BCUT2D eigenvalue weighted by molar-refractivity contribution is -0.384. The Balaban J connectivity index is 1.77. The van der Waals surface area contributed by atoms with E-state index in [0.717, 1.165) is 5.56 Å². The van der Waals surface area contributed by atoms with Crippen molar-refractivity contribution in [1.29, 1.82) is 0 Å². The molecule has 0 bridgehead atoms. The smallest absolute Gasteiger partial charge is 0.269 e. The number of hydrogen-bond donors (Lipinski definition) is 2. The van der Waals surface area contributed by atoms with Crippen LogP contribution in [0.25, 0.3) is 0 Å². The van der Waals surface area contributed by atoms with E-state index in [4.69, 9.17) is 0 Å². The highest BCUT2D eigenvalue weighted by Crippen LogP contribution is 2.13. The third-order valence-electron chi connectivity index (χ3n) is 3.73. The Morgan fingerprint density at radius 1 is 1.12 bits per heavy atom. The fourth-order valence-electron chi connectivity index (χ4n) is 2.27. The van der Waals surface area contributed by atoms with Crippen LogP contribution >= 0.6 is 0 Å². The van der Waals surface area contributed by atoms with Gasteiger partial charge in [-0.15, -0.1) is 0 Å². The molecule has 2 aromatic carbocycles. The summed E-state index contributed by atoms with van der Waals surface area (Å²) in [6.07, 6.45) is 0.0737. The maximum atomic E-state index is 12.9. The van der Waals surface area contributed by atoms with Crippen LogP contribution in [0.3, 0.4) is 0 Å². The first-order chi connectivity index (χ1) is 12.4. The van der Waals surface area contributed by atoms with E-state index in [-0.39, 0.29) is 42.0 Å². The molecule has 8 heteroatoms. The highest BCUT2D eigenvalue weighted by molar-refractivity contribution is 5.94. The normalized spacial score (nSPS) is 11.5. The summed E-state index contributed by atoms with van der Waals surface area (Å²) in [5, 5.41) is 15.9. The van der Waals surface area contributed by atoms with E-state index < -0.39 is 10.8 Å². The summed E-state index contributed by atoms with van der Waals surface area (Å²) in [5.74, 6) is -1.02. The van der Waals surface area contributed by atoms with E-state index in [1.807, 2.05) is 0 Å². The van der Waals surface area contributed by atoms with Crippen molar-refractivity contribution in [3.05, 3.63) is 75.6 Å². The number of carbonyl (C=O) groups excluding carboxylic acids is 2. The number of nitrogens with one attached hydrogen (secondary N) is 2. The van der Waals surface area contributed by atoms with Gasteiger partial charge in [-0.3, -0.25) is 19.7 Å². The van der Waals surface area contributed by atoms with Crippen LogP contribution in [0.2, 0.25) is 0 Å². The Morgan fingerprint density at radius 2 is 1.73 bits per heavy atom. The summed E-state index contributed by atoms with van der Waals surface area (Å²) in [6.45, 7) is 1.90. The number of nitro groups is 1. The molecular weight excluding hydrogens is 341 g/mol. The van der Waals surface area contributed by atoms with E-state index in [1.54, 1.807) is 19.1 Å². The molecule has 0 aliphatic heterocycles. The number of halogens is 1. The first kappa shape index (κ1) is 19.0. The zero-order chi connectivity index (χ0) is 19.1. The highest BCUT2D eigenvalue weighted by atomic mass is 19.1. The van der Waals surface area contributed by atoms with Crippen LogP contribution < -0.4 is 10.6 Å². The van der Waals surface area contributed by atoms with E-state index in [1.165, 1.54) is 36.4 Å². The van der Waals surface area contributed by atoms with Crippen molar-refractivity contribution < 1.29 is 18.9 Å². The standard InChI is InChI=1S/C18H18FN3O4/c1-12(13-2-6-15(19)7-3-13)21-17(23)10-11-20-18(24)14-4-8-16(9-5-14)22(25)26/h2-9,12H,10-11H2,1H3,(H,20,24)(H,21,23)/t12-/m1/s1. The summed E-state index contributed by atoms with van der Waals surface area (Å²) < 4.78 is 12.9. The van der Waals surface area contributed by atoms with Gasteiger partial charge in [-0.2, -0.15) is 0 Å². The Kier molecular flexibility index (Phi) is 6.37. The maximum absolute atomic E-state index is 12.9. The predicted octanol–water partition coefficient (Wildman–Crippen LogP) is 2.73. The lowest BCUT2D eigenvalue weighted by Crippen LogP contribution is -2.32. The van der Waals surface area contributed by atoms with Gasteiger partial charge in [0.15, 0.2) is 0 Å². The molecule has 2 aromatic rings. The van der Waals surface area contributed by atoms with Gasteiger partial charge in [-0.25, -0.2) is 4.39 Å². The first-order valence-electron chi connectivity index (χ1n) is 7.94. The number of amides is 2. The molecule has 1 atom stereocenters. The van der Waals surface area contributed by atoms with Gasteiger partial charge < -0.3 is 10.6 Å². The zero-order valence-electron chi connectivity index (χ0n) is 14.1. The van der Waals surface area contributed by atoms with Crippen LogP contribution in [0, 0.1) is 15.9 Å². The first-order valence-corrected chi connectivity index (χ1v) is 7.94. The number of rotatable bonds is 7. The molecule has 2 rings (SSSR count). The Bertz CT molecular complexity index is 791. The van der Waals surface area contributed by atoms with Gasteiger partial charge in [-0.05, 0) is 36.8 Å². The second-order valence-electron chi connectivity index (χ2n) is 5.65. The summed E-state index contributed by atoms with van der Waals surface area (Å²) >= 11 is 0. The minimum Gasteiger partial charge on any atom is -0.352 e. The van der Waals surface area contributed by atoms with Crippen LogP contribution in [0.1, 0.15) is 35.3 Å². The monoisotopic (exact) mass is 359 g/mol. The molecule has 0 saturated heterocycles. The molecule has 0 fully saturated rings. The van der Waals surface area contributed by atoms with Gasteiger partial charge in [0, 0.05) is 30.7 Å². The number of nitrogens with zero attached hydrogens (tertiary/aromatic N) is 1. The quantitative estimate of drug-likeness (QED) is 0.586. The molecule has 0 heterocycles. The summed E-state index contributed by atoms with van der Waals surface area (Å²) in [7, 11) is 0. The van der Waals surface area contributed by atoms with Gasteiger partial charge >= 0.3 is 0 Å². The van der Waals surface area contributed by atoms with E-state index in [0.29, 0.717) is 0 Å².